The van der Waals surface area contributed by atoms with E-state index in [-0.39, 0.29) is 18.1 Å². The van der Waals surface area contributed by atoms with E-state index in [9.17, 15) is 4.79 Å². The molecule has 1 aliphatic rings. The van der Waals surface area contributed by atoms with E-state index in [0.29, 0.717) is 15.7 Å². The predicted molar refractivity (Wildman–Crippen MR) is 100 cm³/mol. The van der Waals surface area contributed by atoms with Crippen LogP contribution in [0.2, 0.25) is 10.0 Å². The van der Waals surface area contributed by atoms with Crippen molar-refractivity contribution in [1.29, 1.82) is 0 Å². The molecule has 6 heteroatoms. The average molecular weight is 380 g/mol. The molecule has 1 saturated heterocycles. The Morgan fingerprint density at radius 2 is 1.92 bits per heavy atom. The van der Waals surface area contributed by atoms with Gasteiger partial charge >= 0.3 is 0 Å². The zero-order valence-corrected chi connectivity index (χ0v) is 15.3. The van der Waals surface area contributed by atoms with Gasteiger partial charge in [-0.15, -0.1) is 0 Å². The number of hydrogen-bond donors (Lipinski definition) is 2. The maximum atomic E-state index is 12.9. The van der Waals surface area contributed by atoms with E-state index in [1.165, 1.54) is 0 Å². The fourth-order valence-electron chi connectivity index (χ4n) is 3.02. The van der Waals surface area contributed by atoms with Crippen LogP contribution in [0.25, 0.3) is 0 Å². The molecule has 1 heterocycles. The molecular formula is C19H21Cl2N2O2+. The topological polar surface area (TPSA) is 54.9 Å². The van der Waals surface area contributed by atoms with Gasteiger partial charge < -0.3 is 15.4 Å². The normalized spacial score (nSPS) is 18.1. The number of ether oxygens (including phenoxy) is 1. The van der Waals surface area contributed by atoms with Gasteiger partial charge in [0.05, 0.1) is 0 Å². The maximum Gasteiger partial charge on any atom is 0.287 e. The molecule has 132 valence electrons. The number of carbonyl (C=O) groups is 1. The Labute approximate surface area is 157 Å². The van der Waals surface area contributed by atoms with Crippen molar-refractivity contribution in [3.05, 3.63) is 64.1 Å². The zero-order valence-electron chi connectivity index (χ0n) is 13.8. The van der Waals surface area contributed by atoms with Gasteiger partial charge in [0.15, 0.2) is 6.04 Å². The Morgan fingerprint density at radius 1 is 1.20 bits per heavy atom. The van der Waals surface area contributed by atoms with E-state index in [1.54, 1.807) is 18.2 Å². The number of hydrogen-bond acceptors (Lipinski definition) is 2. The number of amides is 1. The fraction of sp³-hybridized carbons (Fsp3) is 0.316. The smallest absolute Gasteiger partial charge is 0.287 e. The minimum atomic E-state index is -0.358. The summed E-state index contributed by atoms with van der Waals surface area (Å²) >= 11 is 12.0. The second kappa shape index (κ2) is 8.68. The Morgan fingerprint density at radius 3 is 2.56 bits per heavy atom. The molecule has 4 nitrogen and oxygen atoms in total. The van der Waals surface area contributed by atoms with Crippen LogP contribution in [0, 0.1) is 0 Å². The second-order valence-electron chi connectivity index (χ2n) is 6.14. The van der Waals surface area contributed by atoms with Crippen molar-refractivity contribution in [2.75, 3.05) is 18.5 Å². The van der Waals surface area contributed by atoms with Gasteiger partial charge in [0.1, 0.15) is 12.6 Å². The molecule has 0 radical (unpaired) electrons. The lowest BCUT2D eigenvalue weighted by atomic mass is 10.1. The van der Waals surface area contributed by atoms with Crippen molar-refractivity contribution in [2.45, 2.75) is 25.0 Å². The van der Waals surface area contributed by atoms with Gasteiger partial charge in [0.25, 0.3) is 5.91 Å². The highest BCUT2D eigenvalue weighted by atomic mass is 35.5. The summed E-state index contributed by atoms with van der Waals surface area (Å²) in [6, 6.07) is 14.4. The summed E-state index contributed by atoms with van der Waals surface area (Å²) in [6.45, 7) is 1.56. The minimum Gasteiger partial charge on any atom is -0.372 e. The minimum absolute atomic E-state index is 0.109. The molecule has 0 saturated carbocycles. The van der Waals surface area contributed by atoms with E-state index in [4.69, 9.17) is 27.9 Å². The van der Waals surface area contributed by atoms with Gasteiger partial charge in [-0.2, -0.15) is 0 Å². The number of halogens is 2. The van der Waals surface area contributed by atoms with E-state index >= 15 is 0 Å². The van der Waals surface area contributed by atoms with Gasteiger partial charge in [-0.1, -0.05) is 53.5 Å². The van der Waals surface area contributed by atoms with Gasteiger partial charge in [-0.05, 0) is 31.0 Å². The molecule has 2 atom stereocenters. The van der Waals surface area contributed by atoms with E-state index in [2.05, 4.69) is 5.32 Å². The third kappa shape index (κ3) is 5.19. The van der Waals surface area contributed by atoms with Crippen molar-refractivity contribution >= 4 is 34.8 Å². The maximum absolute atomic E-state index is 12.9. The molecular weight excluding hydrogens is 359 g/mol. The summed E-state index contributed by atoms with van der Waals surface area (Å²) in [6.07, 6.45) is 2.34. The molecule has 1 amide bonds. The first-order chi connectivity index (χ1) is 12.1. The Bertz CT molecular complexity index is 698. The Balaban J connectivity index is 1.73. The van der Waals surface area contributed by atoms with Gasteiger partial charge in [0.2, 0.25) is 0 Å². The number of benzene rings is 2. The molecule has 0 spiro atoms. The highest BCUT2D eigenvalue weighted by molar-refractivity contribution is 6.35. The molecule has 25 heavy (non-hydrogen) atoms. The lowest BCUT2D eigenvalue weighted by Gasteiger charge is -2.18. The molecule has 3 N–H and O–H groups in total. The quantitative estimate of drug-likeness (QED) is 0.807. The van der Waals surface area contributed by atoms with Crippen LogP contribution in [-0.4, -0.2) is 25.2 Å². The summed E-state index contributed by atoms with van der Waals surface area (Å²) in [4.78, 5) is 12.9. The summed E-state index contributed by atoms with van der Waals surface area (Å²) in [7, 11) is 0. The number of nitrogens with two attached hydrogens (primary N) is 1. The van der Waals surface area contributed by atoms with Crippen molar-refractivity contribution in [3.8, 4) is 0 Å². The first-order valence-corrected chi connectivity index (χ1v) is 9.14. The first kappa shape index (κ1) is 18.2. The zero-order chi connectivity index (χ0) is 17.6. The van der Waals surface area contributed by atoms with Crippen molar-refractivity contribution in [3.63, 3.8) is 0 Å². The van der Waals surface area contributed by atoms with Crippen LogP contribution in [0.5, 0.6) is 0 Å². The van der Waals surface area contributed by atoms with Crippen molar-refractivity contribution < 1.29 is 14.8 Å². The van der Waals surface area contributed by atoms with Crippen LogP contribution in [0.3, 0.4) is 0 Å². The first-order valence-electron chi connectivity index (χ1n) is 8.38. The molecule has 0 unspecified atom stereocenters. The van der Waals surface area contributed by atoms with Gasteiger partial charge in [-0.3, -0.25) is 4.79 Å². The molecule has 1 fully saturated rings. The monoisotopic (exact) mass is 379 g/mol. The van der Waals surface area contributed by atoms with E-state index < -0.39 is 0 Å². The largest absolute Gasteiger partial charge is 0.372 e. The van der Waals surface area contributed by atoms with Crippen LogP contribution in [0.15, 0.2) is 48.5 Å². The average Bonchev–Trinajstić information content (AvgIpc) is 3.08. The van der Waals surface area contributed by atoms with Gasteiger partial charge in [-0.25, -0.2) is 0 Å². The van der Waals surface area contributed by atoms with Crippen molar-refractivity contribution in [2.24, 2.45) is 0 Å². The lowest BCUT2D eigenvalue weighted by molar-refractivity contribution is -0.687. The standard InChI is InChI=1S/C19H20Cl2N2O2/c20-14-9-15(21)11-16(10-14)23-19(24)18(13-5-2-1-3-6-13)22-12-17-7-4-8-25-17/h1-3,5-6,9-11,17-18,22H,4,7-8,12H2,(H,23,24)/p+1/t17-,18-/m0/s1. The molecule has 0 aliphatic carbocycles. The molecule has 0 aromatic heterocycles. The highest BCUT2D eigenvalue weighted by Crippen LogP contribution is 2.23. The molecule has 3 rings (SSSR count). The lowest BCUT2D eigenvalue weighted by Crippen LogP contribution is -2.89. The molecule has 1 aliphatic heterocycles. The fourth-order valence-corrected chi connectivity index (χ4v) is 3.55. The van der Waals surface area contributed by atoms with Crippen LogP contribution in [0.4, 0.5) is 5.69 Å². The number of quaternary nitrogens is 1. The second-order valence-corrected chi connectivity index (χ2v) is 7.02. The molecule has 2 aromatic carbocycles. The number of anilines is 1. The molecule has 0 bridgehead atoms. The summed E-state index contributed by atoms with van der Waals surface area (Å²) < 4.78 is 5.67. The molecule has 2 aromatic rings. The summed E-state index contributed by atoms with van der Waals surface area (Å²) in [5.74, 6) is -0.109. The predicted octanol–water partition coefficient (Wildman–Crippen LogP) is 3.42. The Hall–Kier alpha value is -1.59. The third-order valence-electron chi connectivity index (χ3n) is 4.23. The summed E-state index contributed by atoms with van der Waals surface area (Å²) in [5.41, 5.74) is 1.54. The third-order valence-corrected chi connectivity index (χ3v) is 4.67. The Kier molecular flexibility index (Phi) is 6.32. The van der Waals surface area contributed by atoms with Gasteiger partial charge in [0, 0.05) is 27.9 Å². The van der Waals surface area contributed by atoms with E-state index in [0.717, 1.165) is 31.6 Å². The van der Waals surface area contributed by atoms with E-state index in [1.807, 2.05) is 35.6 Å². The van der Waals surface area contributed by atoms with Crippen LogP contribution < -0.4 is 10.6 Å². The highest BCUT2D eigenvalue weighted by Gasteiger charge is 2.27. The van der Waals surface area contributed by atoms with Crippen LogP contribution in [-0.2, 0) is 9.53 Å². The van der Waals surface area contributed by atoms with Crippen molar-refractivity contribution in [1.82, 2.24) is 0 Å². The SMILES string of the molecule is O=C(Nc1cc(Cl)cc(Cl)c1)[C@@H]([NH2+]C[C@@H]1CCCO1)c1ccccc1. The number of carbonyl (C=O) groups excluding carboxylic acids is 1. The van der Waals surface area contributed by atoms with Crippen LogP contribution >= 0.6 is 23.2 Å². The number of nitrogens with one attached hydrogen (secondary N) is 1. The number of rotatable bonds is 6. The van der Waals surface area contributed by atoms with Crippen LogP contribution in [0.1, 0.15) is 24.4 Å². The summed E-state index contributed by atoms with van der Waals surface area (Å²) in [5, 5.41) is 5.93.